The zero-order valence-corrected chi connectivity index (χ0v) is 9.61. The maximum atomic E-state index is 11.0. The Morgan fingerprint density at radius 2 is 2.28 bits per heavy atom. The van der Waals surface area contributed by atoms with Crippen molar-refractivity contribution in [2.24, 2.45) is 0 Å². The highest BCUT2D eigenvalue weighted by atomic mass is 16.6. The summed E-state index contributed by atoms with van der Waals surface area (Å²) < 4.78 is 1.86. The molecule has 0 aromatic carbocycles. The lowest BCUT2D eigenvalue weighted by molar-refractivity contribution is -0.426. The Morgan fingerprint density at radius 3 is 3.06 bits per heavy atom. The molecule has 0 aliphatic heterocycles. The van der Waals surface area contributed by atoms with Crippen molar-refractivity contribution in [2.75, 3.05) is 0 Å². The highest BCUT2D eigenvalue weighted by Crippen LogP contribution is 2.27. The maximum absolute atomic E-state index is 11.0. The maximum Gasteiger partial charge on any atom is 0.255 e. The van der Waals surface area contributed by atoms with Gasteiger partial charge >= 0.3 is 0 Å². The van der Waals surface area contributed by atoms with E-state index in [1.807, 2.05) is 41.1 Å². The summed E-state index contributed by atoms with van der Waals surface area (Å²) in [6, 6.07) is 5.67. The highest BCUT2D eigenvalue weighted by molar-refractivity contribution is 5.75. The molecule has 1 aliphatic rings. The van der Waals surface area contributed by atoms with Gasteiger partial charge in [0.25, 0.3) is 5.70 Å². The van der Waals surface area contributed by atoms with Crippen LogP contribution in [0.1, 0.15) is 18.5 Å². The standard InChI is InChI=1S/C13H11N3O2/c17-16(18)12-6-2-1-5-10(12)11-9-15-8-4-3-7-13(15)14-11/h1,3-5,7-9H,2,6H2. The van der Waals surface area contributed by atoms with Gasteiger partial charge in [-0.3, -0.25) is 10.1 Å². The minimum Gasteiger partial charge on any atom is -0.306 e. The fourth-order valence-corrected chi connectivity index (χ4v) is 2.14. The van der Waals surface area contributed by atoms with E-state index in [0.717, 1.165) is 5.65 Å². The molecule has 2 heterocycles. The van der Waals surface area contributed by atoms with Gasteiger partial charge in [-0.05, 0) is 18.6 Å². The second kappa shape index (κ2) is 4.10. The van der Waals surface area contributed by atoms with Gasteiger partial charge in [-0.15, -0.1) is 0 Å². The molecule has 90 valence electrons. The molecule has 2 aromatic rings. The van der Waals surface area contributed by atoms with Crippen LogP contribution in [0.15, 0.2) is 48.4 Å². The topological polar surface area (TPSA) is 60.4 Å². The van der Waals surface area contributed by atoms with E-state index >= 15 is 0 Å². The third-order valence-corrected chi connectivity index (χ3v) is 3.00. The average molecular weight is 241 g/mol. The number of fused-ring (bicyclic) bond motifs is 1. The number of hydrogen-bond acceptors (Lipinski definition) is 3. The third kappa shape index (κ3) is 1.69. The molecular formula is C13H11N3O2. The minimum atomic E-state index is -0.303. The van der Waals surface area contributed by atoms with E-state index in [1.54, 1.807) is 6.08 Å². The van der Waals surface area contributed by atoms with E-state index in [1.165, 1.54) is 0 Å². The summed E-state index contributed by atoms with van der Waals surface area (Å²) in [6.07, 6.45) is 8.63. The predicted octanol–water partition coefficient (Wildman–Crippen LogP) is 2.67. The van der Waals surface area contributed by atoms with Gasteiger partial charge in [0, 0.05) is 18.8 Å². The quantitative estimate of drug-likeness (QED) is 0.600. The number of imidazole rings is 1. The summed E-state index contributed by atoms with van der Waals surface area (Å²) in [6.45, 7) is 0. The van der Waals surface area contributed by atoms with Crippen LogP contribution in [0.4, 0.5) is 0 Å². The van der Waals surface area contributed by atoms with Crippen LogP contribution in [0.5, 0.6) is 0 Å². The highest BCUT2D eigenvalue weighted by Gasteiger charge is 2.22. The molecule has 0 saturated carbocycles. The monoisotopic (exact) mass is 241 g/mol. The lowest BCUT2D eigenvalue weighted by Crippen LogP contribution is -2.04. The zero-order valence-electron chi connectivity index (χ0n) is 9.61. The average Bonchev–Trinajstić information content (AvgIpc) is 2.82. The number of nitro groups is 1. The second-order valence-corrected chi connectivity index (χ2v) is 4.15. The molecule has 3 rings (SSSR count). The number of allylic oxidation sites excluding steroid dienone is 4. The fraction of sp³-hybridized carbons (Fsp3) is 0.154. The lowest BCUT2D eigenvalue weighted by Gasteiger charge is -2.06. The largest absolute Gasteiger partial charge is 0.306 e. The van der Waals surface area contributed by atoms with Crippen molar-refractivity contribution in [2.45, 2.75) is 12.8 Å². The van der Waals surface area contributed by atoms with Crippen molar-refractivity contribution in [3.63, 3.8) is 0 Å². The number of hydrogen-bond donors (Lipinski definition) is 0. The van der Waals surface area contributed by atoms with E-state index in [2.05, 4.69) is 4.98 Å². The molecule has 5 nitrogen and oxygen atoms in total. The van der Waals surface area contributed by atoms with Crippen molar-refractivity contribution in [1.29, 1.82) is 0 Å². The molecule has 0 bridgehead atoms. The molecule has 0 fully saturated rings. The summed E-state index contributed by atoms with van der Waals surface area (Å²) in [7, 11) is 0. The van der Waals surface area contributed by atoms with E-state index in [0.29, 0.717) is 24.1 Å². The smallest absolute Gasteiger partial charge is 0.255 e. The van der Waals surface area contributed by atoms with Gasteiger partial charge in [0.2, 0.25) is 0 Å². The Morgan fingerprint density at radius 1 is 1.39 bits per heavy atom. The summed E-state index contributed by atoms with van der Waals surface area (Å²) in [4.78, 5) is 15.1. The molecular weight excluding hydrogens is 230 g/mol. The van der Waals surface area contributed by atoms with E-state index in [-0.39, 0.29) is 10.6 Å². The minimum absolute atomic E-state index is 0.251. The third-order valence-electron chi connectivity index (χ3n) is 3.00. The Kier molecular flexibility index (Phi) is 2.44. The zero-order chi connectivity index (χ0) is 12.5. The van der Waals surface area contributed by atoms with E-state index in [4.69, 9.17) is 0 Å². The molecule has 0 N–H and O–H groups in total. The molecule has 0 radical (unpaired) electrons. The van der Waals surface area contributed by atoms with Gasteiger partial charge in [0.1, 0.15) is 5.65 Å². The summed E-state index contributed by atoms with van der Waals surface area (Å²) in [5.74, 6) is 0. The normalized spacial score (nSPS) is 15.3. The second-order valence-electron chi connectivity index (χ2n) is 4.15. The van der Waals surface area contributed by atoms with Crippen molar-refractivity contribution >= 4 is 11.2 Å². The predicted molar refractivity (Wildman–Crippen MR) is 67.5 cm³/mol. The van der Waals surface area contributed by atoms with Crippen LogP contribution >= 0.6 is 0 Å². The SMILES string of the molecule is O=[N+]([O-])C1=C(c2cn3ccccc3n2)C=CCC1. The van der Waals surface area contributed by atoms with Gasteiger partial charge in [-0.25, -0.2) is 4.98 Å². The van der Waals surface area contributed by atoms with Gasteiger partial charge in [-0.1, -0.05) is 18.2 Å². The first kappa shape index (κ1) is 10.7. The summed E-state index contributed by atoms with van der Waals surface area (Å²) >= 11 is 0. The molecule has 2 aromatic heterocycles. The first-order chi connectivity index (χ1) is 8.75. The van der Waals surface area contributed by atoms with Crippen LogP contribution in [-0.2, 0) is 0 Å². The molecule has 0 saturated heterocycles. The van der Waals surface area contributed by atoms with Gasteiger partial charge < -0.3 is 4.40 Å². The Balaban J connectivity index is 2.18. The number of pyridine rings is 1. The fourth-order valence-electron chi connectivity index (χ4n) is 2.14. The van der Waals surface area contributed by atoms with Crippen molar-refractivity contribution in [3.8, 4) is 0 Å². The van der Waals surface area contributed by atoms with Crippen LogP contribution < -0.4 is 0 Å². The van der Waals surface area contributed by atoms with Crippen LogP contribution in [0.2, 0.25) is 0 Å². The van der Waals surface area contributed by atoms with Crippen LogP contribution in [0.3, 0.4) is 0 Å². The van der Waals surface area contributed by atoms with Crippen molar-refractivity contribution in [3.05, 3.63) is 64.3 Å². The van der Waals surface area contributed by atoms with E-state index < -0.39 is 0 Å². The van der Waals surface area contributed by atoms with Gasteiger partial charge in [0.15, 0.2) is 0 Å². The lowest BCUT2D eigenvalue weighted by atomic mass is 10.0. The molecule has 18 heavy (non-hydrogen) atoms. The molecule has 0 spiro atoms. The summed E-state index contributed by atoms with van der Waals surface area (Å²) in [5.41, 5.74) is 2.32. The Bertz CT molecular complexity index is 649. The van der Waals surface area contributed by atoms with E-state index in [9.17, 15) is 10.1 Å². The molecule has 0 atom stereocenters. The summed E-state index contributed by atoms with van der Waals surface area (Å²) in [5, 5.41) is 11.0. The molecule has 5 heteroatoms. The van der Waals surface area contributed by atoms with Crippen molar-refractivity contribution in [1.82, 2.24) is 9.38 Å². The Hall–Kier alpha value is -2.43. The molecule has 0 unspecified atom stereocenters. The van der Waals surface area contributed by atoms with Gasteiger partial charge in [0.05, 0.1) is 16.2 Å². The number of rotatable bonds is 2. The van der Waals surface area contributed by atoms with Crippen LogP contribution in [0.25, 0.3) is 11.2 Å². The first-order valence-electron chi connectivity index (χ1n) is 5.74. The number of aromatic nitrogens is 2. The molecule has 1 aliphatic carbocycles. The van der Waals surface area contributed by atoms with Crippen LogP contribution in [0, 0.1) is 10.1 Å². The van der Waals surface area contributed by atoms with Gasteiger partial charge in [-0.2, -0.15) is 0 Å². The first-order valence-corrected chi connectivity index (χ1v) is 5.74. The van der Waals surface area contributed by atoms with Crippen LogP contribution in [-0.4, -0.2) is 14.3 Å². The molecule has 0 amide bonds. The Labute approximate surface area is 103 Å². The van der Waals surface area contributed by atoms with Crippen molar-refractivity contribution < 1.29 is 4.92 Å². The number of nitrogens with zero attached hydrogens (tertiary/aromatic N) is 3.